The minimum absolute atomic E-state index is 0.0606. The molecular formula is C96H144F2N4S6. The highest BCUT2D eigenvalue weighted by atomic mass is 32.1. The molecule has 8 aromatic rings. The maximum Gasteiger partial charge on any atom is 0.134 e. The van der Waals surface area contributed by atoms with Gasteiger partial charge in [0, 0.05) is 66.5 Å². The van der Waals surface area contributed by atoms with Gasteiger partial charge in [-0.2, -0.15) is 17.5 Å². The quantitative estimate of drug-likeness (QED) is 0.0357. The summed E-state index contributed by atoms with van der Waals surface area (Å²) in [5.74, 6) is -0.415. The first kappa shape index (κ1) is 87.1. The van der Waals surface area contributed by atoms with Crippen molar-refractivity contribution in [3.05, 3.63) is 80.7 Å². The van der Waals surface area contributed by atoms with Crippen LogP contribution in [0.15, 0.2) is 36.4 Å². The predicted octanol–water partition coefficient (Wildman–Crippen LogP) is 35.9. The van der Waals surface area contributed by atoms with Crippen LogP contribution in [0.25, 0.3) is 72.9 Å². The van der Waals surface area contributed by atoms with Crippen LogP contribution in [0.3, 0.4) is 0 Å². The zero-order chi connectivity index (χ0) is 75.4. The van der Waals surface area contributed by atoms with Crippen LogP contribution in [0.4, 0.5) is 8.78 Å². The van der Waals surface area contributed by atoms with Gasteiger partial charge in [0.15, 0.2) is 0 Å². The molecule has 0 unspecified atom stereocenters. The fraction of sp³-hybridized carbons (Fsp3) is 0.708. The molecule has 0 aliphatic heterocycles. The standard InChI is InChI=1S/C96H144F2N4S6/c1-7-11-15-19-23-27-31-35-39-43-47-51-55-59-63-95(64-60-56-52-48-44-40-36-32-28-24-20-16-12-8-2)77-67-73(5)103-91(77)92-80(95)72-85(106-92)86-82(98)69-76(89-90(86)102-108-101-89)84-71-79-94(105-84)93-78(70-83(104-93)75-68-81(97)74(6)87-88(75)100-107-99-87)96(79,65-61-57-53-49-45-41-37-33-29-25-21-17-13-9-3)66-62-58-54-50-46-42-38-34-30-26-22-18-14-10-4/h67-72H,7-66H2,1-6H3. The van der Waals surface area contributed by atoms with Gasteiger partial charge in [-0.25, -0.2) is 8.78 Å². The van der Waals surface area contributed by atoms with Crippen LogP contribution in [0.1, 0.15) is 446 Å². The second-order valence-corrected chi connectivity index (χ2v) is 39.4. The van der Waals surface area contributed by atoms with Crippen LogP contribution in [-0.2, 0) is 10.8 Å². The number of benzene rings is 2. The van der Waals surface area contributed by atoms with Gasteiger partial charge in [0.05, 0.1) is 29.0 Å². The molecule has 0 fully saturated rings. The smallest absolute Gasteiger partial charge is 0.134 e. The first-order valence-electron chi connectivity index (χ1n) is 45.6. The van der Waals surface area contributed by atoms with Crippen LogP contribution in [0.5, 0.6) is 0 Å². The van der Waals surface area contributed by atoms with E-state index in [1.807, 2.05) is 58.3 Å². The minimum Gasteiger partial charge on any atom is -0.207 e. The largest absolute Gasteiger partial charge is 0.207 e. The van der Waals surface area contributed by atoms with Gasteiger partial charge < -0.3 is 0 Å². The Kier molecular flexibility index (Phi) is 38.9. The van der Waals surface area contributed by atoms with Crippen molar-refractivity contribution in [3.63, 3.8) is 0 Å². The molecule has 2 aliphatic carbocycles. The third-order valence-electron chi connectivity index (χ3n) is 25.4. The molecule has 2 aromatic carbocycles. The van der Waals surface area contributed by atoms with E-state index in [0.717, 1.165) is 75.3 Å². The molecule has 2 aliphatic rings. The summed E-state index contributed by atoms with van der Waals surface area (Å²) in [7, 11) is 0. The number of nitrogens with zero attached hydrogens (tertiary/aromatic N) is 4. The van der Waals surface area contributed by atoms with Gasteiger partial charge >= 0.3 is 0 Å². The summed E-state index contributed by atoms with van der Waals surface area (Å²) in [6.45, 7) is 13.4. The molecule has 0 saturated heterocycles. The molecule has 598 valence electrons. The van der Waals surface area contributed by atoms with Crippen molar-refractivity contribution in [3.8, 4) is 50.8 Å². The van der Waals surface area contributed by atoms with Gasteiger partial charge in [0.2, 0.25) is 0 Å². The van der Waals surface area contributed by atoms with Gasteiger partial charge in [-0.1, -0.05) is 387 Å². The molecule has 0 atom stereocenters. The summed E-state index contributed by atoms with van der Waals surface area (Å²) in [6.07, 6.45) is 80.2. The van der Waals surface area contributed by atoms with E-state index < -0.39 is 0 Å². The predicted molar refractivity (Wildman–Crippen MR) is 478 cm³/mol. The highest BCUT2D eigenvalue weighted by molar-refractivity contribution is 7.26. The lowest BCUT2D eigenvalue weighted by molar-refractivity contribution is 0.397. The topological polar surface area (TPSA) is 51.6 Å². The first-order chi connectivity index (χ1) is 53.2. The molecule has 6 aromatic heterocycles. The Morgan fingerprint density at radius 3 is 0.824 bits per heavy atom. The molecule has 0 radical (unpaired) electrons. The summed E-state index contributed by atoms with van der Waals surface area (Å²) < 4.78 is 54.2. The third-order valence-corrected chi connectivity index (χ3v) is 31.3. The van der Waals surface area contributed by atoms with Gasteiger partial charge in [-0.05, 0) is 98.2 Å². The molecule has 0 spiro atoms. The van der Waals surface area contributed by atoms with Crippen molar-refractivity contribution in [2.45, 2.75) is 438 Å². The Labute approximate surface area is 681 Å². The maximum atomic E-state index is 18.3. The van der Waals surface area contributed by atoms with Crippen LogP contribution in [-0.4, -0.2) is 17.5 Å². The summed E-state index contributed by atoms with van der Waals surface area (Å²) >= 11 is 9.86. The van der Waals surface area contributed by atoms with E-state index >= 15 is 8.78 Å². The molecule has 108 heavy (non-hydrogen) atoms. The second kappa shape index (κ2) is 48.2. The van der Waals surface area contributed by atoms with Crippen LogP contribution in [0, 0.1) is 25.5 Å². The number of thiophene rings is 4. The molecule has 4 nitrogen and oxygen atoms in total. The van der Waals surface area contributed by atoms with Gasteiger partial charge in [0.25, 0.3) is 0 Å². The Hall–Kier alpha value is -3.26. The number of hydrogen-bond acceptors (Lipinski definition) is 10. The molecule has 6 heterocycles. The number of aromatic nitrogens is 4. The number of rotatable bonds is 63. The average molecular weight is 1580 g/mol. The van der Waals surface area contributed by atoms with Crippen molar-refractivity contribution in [1.29, 1.82) is 0 Å². The van der Waals surface area contributed by atoms with Crippen molar-refractivity contribution >= 4 is 90.9 Å². The van der Waals surface area contributed by atoms with Gasteiger partial charge in [-0.15, -0.1) is 45.3 Å². The van der Waals surface area contributed by atoms with Crippen LogP contribution in [0.2, 0.25) is 0 Å². The number of halogens is 2. The number of unbranched alkanes of at least 4 members (excludes halogenated alkanes) is 52. The fourth-order valence-electron chi connectivity index (χ4n) is 18.8. The third kappa shape index (κ3) is 24.4. The zero-order valence-corrected chi connectivity index (χ0v) is 73.8. The molecule has 12 heteroatoms. The highest BCUT2D eigenvalue weighted by Crippen LogP contribution is 2.64. The van der Waals surface area contributed by atoms with Crippen LogP contribution >= 0.6 is 68.8 Å². The molecule has 0 N–H and O–H groups in total. The molecule has 0 saturated carbocycles. The van der Waals surface area contributed by atoms with Crippen molar-refractivity contribution in [2.24, 2.45) is 0 Å². The zero-order valence-electron chi connectivity index (χ0n) is 68.9. The number of hydrogen-bond donors (Lipinski definition) is 0. The molecule has 0 bridgehead atoms. The molecular weight excluding hydrogens is 1440 g/mol. The summed E-state index contributed by atoms with van der Waals surface area (Å²) in [4.78, 5) is 9.97. The summed E-state index contributed by atoms with van der Waals surface area (Å²) in [5, 5.41) is 0. The van der Waals surface area contributed by atoms with E-state index in [2.05, 4.69) is 63.3 Å². The first-order valence-corrected chi connectivity index (χ1v) is 50.3. The Morgan fingerprint density at radius 1 is 0.259 bits per heavy atom. The monoisotopic (exact) mass is 1580 g/mol. The molecule has 0 amide bonds. The average Bonchev–Trinajstić information content (AvgIpc) is 1.55. The summed E-state index contributed by atoms with van der Waals surface area (Å²) in [6, 6.07) is 13.5. The van der Waals surface area contributed by atoms with E-state index in [9.17, 15) is 0 Å². The minimum atomic E-state index is -0.224. The van der Waals surface area contributed by atoms with E-state index in [-0.39, 0.29) is 22.5 Å². The SMILES string of the molecule is CCCCCCCCCCCCCCCCC1(CCCCCCCCCCCCCCCC)c2cc(-c3cc(F)c(C)c4nsnc34)sc2-c2sc(-c3cc(F)c(-c4cc5c(s4)-c4sc(C)cc4C5(CCCCCCCCCCCCCCCC)CCCCCCCCCCCCCCCC)c4nsnc34)cc21. The lowest BCUT2D eigenvalue weighted by Gasteiger charge is -2.31. The number of aryl methyl sites for hydroxylation is 2. The van der Waals surface area contributed by atoms with Crippen molar-refractivity contribution in [2.75, 3.05) is 0 Å². The van der Waals surface area contributed by atoms with Gasteiger partial charge in [-0.3, -0.25) is 0 Å². The normalized spacial score (nSPS) is 13.5. The van der Waals surface area contributed by atoms with E-state index in [1.165, 1.54) is 411 Å². The van der Waals surface area contributed by atoms with E-state index in [1.54, 1.807) is 11.6 Å². The lowest BCUT2D eigenvalue weighted by Crippen LogP contribution is -2.25. The molecule has 10 rings (SSSR count). The van der Waals surface area contributed by atoms with Gasteiger partial charge in [0.1, 0.15) is 33.7 Å². The maximum absolute atomic E-state index is 18.3. The fourth-order valence-corrected chi connectivity index (χ4v) is 25.3. The second-order valence-electron chi connectivity index (χ2n) is 33.9. The van der Waals surface area contributed by atoms with Crippen molar-refractivity contribution < 1.29 is 8.78 Å². The highest BCUT2D eigenvalue weighted by Gasteiger charge is 2.48. The van der Waals surface area contributed by atoms with E-state index in [0.29, 0.717) is 22.2 Å². The number of fused-ring (bicyclic) bond motifs is 8. The Morgan fingerprint density at radius 2 is 0.500 bits per heavy atom. The van der Waals surface area contributed by atoms with Crippen molar-refractivity contribution in [1.82, 2.24) is 17.5 Å². The summed E-state index contributed by atoms with van der Waals surface area (Å²) in [5.41, 5.74) is 11.5. The Balaban J connectivity index is 0.901. The Bertz CT molecular complexity index is 3750. The van der Waals surface area contributed by atoms with Crippen LogP contribution < -0.4 is 0 Å². The lowest BCUT2D eigenvalue weighted by atomic mass is 9.71. The van der Waals surface area contributed by atoms with E-state index in [4.69, 9.17) is 13.1 Å².